The van der Waals surface area contributed by atoms with Crippen LogP contribution < -0.4 is 4.90 Å². The summed E-state index contributed by atoms with van der Waals surface area (Å²) in [5.74, 6) is 0.265. The second-order valence-electron chi connectivity index (χ2n) is 12.3. The lowest BCUT2D eigenvalue weighted by molar-refractivity contribution is -0.129. The van der Waals surface area contributed by atoms with Crippen molar-refractivity contribution in [2.45, 2.75) is 45.6 Å². The first-order valence-corrected chi connectivity index (χ1v) is 15.8. The first-order chi connectivity index (χ1) is 22.3. The minimum atomic E-state index is -1.02. The SMILES string of the molecule is CC(=O)N1CCc2c(c(-c3cccc4cc(-c5ccc(CCC6CCN(c7ncc(C(=O)O)cn7)CC6)nc5)ncc34)nn2C)C1. The molecule has 1 fully saturated rings. The molecule has 46 heavy (non-hydrogen) atoms. The first-order valence-electron chi connectivity index (χ1n) is 15.8. The van der Waals surface area contributed by atoms with Crippen molar-refractivity contribution in [1.29, 1.82) is 0 Å². The number of benzene rings is 1. The van der Waals surface area contributed by atoms with Crippen LogP contribution in [-0.4, -0.2) is 71.2 Å². The van der Waals surface area contributed by atoms with Gasteiger partial charge in [0.2, 0.25) is 11.9 Å². The lowest BCUT2D eigenvalue weighted by Gasteiger charge is -2.32. The Morgan fingerprint density at radius 1 is 0.957 bits per heavy atom. The number of hydrogen-bond acceptors (Lipinski definition) is 8. The van der Waals surface area contributed by atoms with Gasteiger partial charge in [0.05, 0.1) is 17.0 Å². The minimum Gasteiger partial charge on any atom is -0.478 e. The number of carboxylic acids is 1. The molecule has 1 aromatic carbocycles. The third-order valence-electron chi connectivity index (χ3n) is 9.42. The molecular formula is C35H36N8O3. The van der Waals surface area contributed by atoms with Crippen molar-refractivity contribution < 1.29 is 14.7 Å². The highest BCUT2D eigenvalue weighted by molar-refractivity contribution is 5.97. The van der Waals surface area contributed by atoms with Crippen LogP contribution in [0, 0.1) is 5.92 Å². The number of carbonyl (C=O) groups is 2. The number of anilines is 1. The van der Waals surface area contributed by atoms with Gasteiger partial charge in [-0.2, -0.15) is 5.10 Å². The molecular weight excluding hydrogens is 580 g/mol. The summed E-state index contributed by atoms with van der Waals surface area (Å²) in [6, 6.07) is 12.6. The van der Waals surface area contributed by atoms with E-state index in [4.69, 9.17) is 20.2 Å². The van der Waals surface area contributed by atoms with Crippen molar-refractivity contribution in [3.63, 3.8) is 0 Å². The minimum absolute atomic E-state index is 0.0872. The Kier molecular flexibility index (Phi) is 7.90. The lowest BCUT2D eigenvalue weighted by atomic mass is 9.91. The molecule has 6 heterocycles. The molecule has 2 aliphatic rings. The molecule has 11 heteroatoms. The van der Waals surface area contributed by atoms with E-state index in [1.807, 2.05) is 29.0 Å². The van der Waals surface area contributed by atoms with Gasteiger partial charge in [-0.15, -0.1) is 0 Å². The third-order valence-corrected chi connectivity index (χ3v) is 9.42. The summed E-state index contributed by atoms with van der Waals surface area (Å²) in [4.78, 5) is 45.3. The van der Waals surface area contributed by atoms with Crippen LogP contribution in [0.5, 0.6) is 0 Å². The van der Waals surface area contributed by atoms with E-state index in [2.05, 4.69) is 51.3 Å². The fourth-order valence-corrected chi connectivity index (χ4v) is 6.71. The molecule has 11 nitrogen and oxygen atoms in total. The Bertz CT molecular complexity index is 1910. The van der Waals surface area contributed by atoms with Gasteiger partial charge >= 0.3 is 5.97 Å². The molecule has 234 valence electrons. The van der Waals surface area contributed by atoms with Crippen molar-refractivity contribution in [1.82, 2.24) is 34.6 Å². The number of piperidine rings is 1. The molecule has 1 N–H and O–H groups in total. The lowest BCUT2D eigenvalue weighted by Crippen LogP contribution is -2.35. The number of amides is 1. The smallest absolute Gasteiger partial charge is 0.338 e. The summed E-state index contributed by atoms with van der Waals surface area (Å²) in [5, 5.41) is 16.1. The maximum atomic E-state index is 12.1. The third kappa shape index (κ3) is 5.80. The zero-order chi connectivity index (χ0) is 31.8. The number of fused-ring (bicyclic) bond motifs is 2. The number of pyridine rings is 2. The standard InChI is InChI=1S/C35H36N8O3/c1-22(44)43-15-12-32-30(21-43)33(40-41(32)2)28-5-3-4-24-16-31(37-20-29(24)28)25-7-9-27(36-17-25)8-6-23-10-13-42(14-11-23)35-38-18-26(19-39-35)34(45)46/h3-5,7,9,16-20,23H,6,8,10-15,21H2,1-2H3,(H,45,46). The molecule has 1 amide bonds. The molecule has 4 aromatic heterocycles. The van der Waals surface area contributed by atoms with Crippen LogP contribution in [0.25, 0.3) is 33.3 Å². The van der Waals surface area contributed by atoms with Gasteiger partial charge in [-0.1, -0.05) is 18.2 Å². The second-order valence-corrected chi connectivity index (χ2v) is 12.3. The Balaban J connectivity index is 1.00. The highest BCUT2D eigenvalue weighted by Crippen LogP contribution is 2.35. The van der Waals surface area contributed by atoms with Gasteiger partial charge in [0.25, 0.3) is 0 Å². The molecule has 1 saturated heterocycles. The van der Waals surface area contributed by atoms with Crippen LogP contribution in [0.4, 0.5) is 5.95 Å². The van der Waals surface area contributed by atoms with E-state index in [0.717, 1.165) is 96.3 Å². The van der Waals surface area contributed by atoms with E-state index in [1.165, 1.54) is 18.1 Å². The first kappa shape index (κ1) is 29.5. The predicted molar refractivity (Wildman–Crippen MR) is 174 cm³/mol. The number of aromatic nitrogens is 6. The summed E-state index contributed by atoms with van der Waals surface area (Å²) in [7, 11) is 1.98. The molecule has 0 saturated carbocycles. The highest BCUT2D eigenvalue weighted by atomic mass is 16.4. The van der Waals surface area contributed by atoms with E-state index in [9.17, 15) is 9.59 Å². The highest BCUT2D eigenvalue weighted by Gasteiger charge is 2.27. The van der Waals surface area contributed by atoms with Crippen molar-refractivity contribution in [2.75, 3.05) is 24.5 Å². The summed E-state index contributed by atoms with van der Waals surface area (Å²) in [5.41, 5.74) is 7.28. The van der Waals surface area contributed by atoms with E-state index >= 15 is 0 Å². The van der Waals surface area contributed by atoms with Crippen LogP contribution in [0.1, 0.15) is 53.5 Å². The van der Waals surface area contributed by atoms with Gasteiger partial charge in [0, 0.05) is 105 Å². The summed E-state index contributed by atoms with van der Waals surface area (Å²) in [6.07, 6.45) is 11.5. The number of nitrogens with zero attached hydrogens (tertiary/aromatic N) is 8. The predicted octanol–water partition coefficient (Wildman–Crippen LogP) is 4.94. The Morgan fingerprint density at radius 2 is 1.76 bits per heavy atom. The number of rotatable bonds is 7. The van der Waals surface area contributed by atoms with Crippen molar-refractivity contribution in [2.24, 2.45) is 13.0 Å². The summed E-state index contributed by atoms with van der Waals surface area (Å²) < 4.78 is 1.96. The fourth-order valence-electron chi connectivity index (χ4n) is 6.71. The molecule has 7 rings (SSSR count). The molecule has 0 aliphatic carbocycles. The molecule has 0 bridgehead atoms. The molecule has 5 aromatic rings. The fraction of sp³-hybridized carbons (Fsp3) is 0.343. The average molecular weight is 617 g/mol. The number of aromatic carboxylic acids is 1. The molecule has 0 radical (unpaired) electrons. The summed E-state index contributed by atoms with van der Waals surface area (Å²) >= 11 is 0. The van der Waals surface area contributed by atoms with Gasteiger partial charge in [0.1, 0.15) is 0 Å². The average Bonchev–Trinajstić information content (AvgIpc) is 3.42. The summed E-state index contributed by atoms with van der Waals surface area (Å²) in [6.45, 7) is 4.64. The van der Waals surface area contributed by atoms with Gasteiger partial charge in [-0.25, -0.2) is 14.8 Å². The van der Waals surface area contributed by atoms with Gasteiger partial charge in [-0.3, -0.25) is 19.4 Å². The zero-order valence-electron chi connectivity index (χ0n) is 26.1. The van der Waals surface area contributed by atoms with Gasteiger partial charge in [0.15, 0.2) is 0 Å². The Morgan fingerprint density at radius 3 is 2.48 bits per heavy atom. The van der Waals surface area contributed by atoms with Crippen LogP contribution in [-0.2, 0) is 31.2 Å². The largest absolute Gasteiger partial charge is 0.478 e. The monoisotopic (exact) mass is 616 g/mol. The molecule has 0 spiro atoms. The number of hydrogen-bond donors (Lipinski definition) is 1. The number of aryl methyl sites for hydroxylation is 2. The van der Waals surface area contributed by atoms with E-state index in [-0.39, 0.29) is 11.5 Å². The van der Waals surface area contributed by atoms with Crippen LogP contribution in [0.15, 0.2) is 61.2 Å². The number of carbonyl (C=O) groups excluding carboxylic acids is 1. The Labute approximate surface area is 267 Å². The maximum absolute atomic E-state index is 12.1. The van der Waals surface area contributed by atoms with Gasteiger partial charge in [-0.05, 0) is 55.2 Å². The molecule has 2 aliphatic heterocycles. The topological polar surface area (TPSA) is 130 Å². The number of carboxylic acid groups (broad SMARTS) is 1. The van der Waals surface area contributed by atoms with Crippen molar-refractivity contribution in [3.8, 4) is 22.5 Å². The molecule has 0 unspecified atom stereocenters. The van der Waals surface area contributed by atoms with E-state index in [0.29, 0.717) is 18.4 Å². The van der Waals surface area contributed by atoms with Crippen LogP contribution in [0.2, 0.25) is 0 Å². The van der Waals surface area contributed by atoms with Gasteiger partial charge < -0.3 is 14.9 Å². The normalized spacial score (nSPS) is 15.3. The molecule has 0 atom stereocenters. The quantitative estimate of drug-likeness (QED) is 0.270. The Hall–Kier alpha value is -5.19. The van der Waals surface area contributed by atoms with E-state index < -0.39 is 5.97 Å². The zero-order valence-corrected chi connectivity index (χ0v) is 26.1. The van der Waals surface area contributed by atoms with Crippen molar-refractivity contribution >= 4 is 28.6 Å². The van der Waals surface area contributed by atoms with Crippen molar-refractivity contribution in [3.05, 3.63) is 83.7 Å². The van der Waals surface area contributed by atoms with Crippen LogP contribution >= 0.6 is 0 Å². The van der Waals surface area contributed by atoms with E-state index in [1.54, 1.807) is 6.92 Å². The van der Waals surface area contributed by atoms with Crippen LogP contribution in [0.3, 0.4) is 0 Å². The second kappa shape index (κ2) is 12.3. The maximum Gasteiger partial charge on any atom is 0.338 e.